The highest BCUT2D eigenvalue weighted by molar-refractivity contribution is 5.75. The van der Waals surface area contributed by atoms with Crippen molar-refractivity contribution in [3.05, 3.63) is 0 Å². The molecule has 1 saturated heterocycles. The Morgan fingerprint density at radius 2 is 2.18 bits per heavy atom. The van der Waals surface area contributed by atoms with Crippen LogP contribution in [-0.4, -0.2) is 73.1 Å². The average Bonchev–Trinajstić information content (AvgIpc) is 2.29. The number of piperazine rings is 1. The van der Waals surface area contributed by atoms with Gasteiger partial charge in [-0.25, -0.2) is 0 Å². The van der Waals surface area contributed by atoms with Gasteiger partial charge in [-0.15, -0.1) is 0 Å². The molecule has 0 spiro atoms. The van der Waals surface area contributed by atoms with Crippen LogP contribution in [-0.2, 0) is 9.59 Å². The number of carbonyl (C=O) groups excluding carboxylic acids is 1. The van der Waals surface area contributed by atoms with Crippen LogP contribution < -0.4 is 5.32 Å². The minimum absolute atomic E-state index is 0.0898. The Morgan fingerprint density at radius 3 is 2.76 bits per heavy atom. The van der Waals surface area contributed by atoms with E-state index >= 15 is 0 Å². The zero-order chi connectivity index (χ0) is 12.8. The van der Waals surface area contributed by atoms with E-state index in [4.69, 9.17) is 5.11 Å². The molecule has 1 atom stereocenters. The molecule has 1 rings (SSSR count). The summed E-state index contributed by atoms with van der Waals surface area (Å²) in [6.07, 6.45) is 1.18. The van der Waals surface area contributed by atoms with Gasteiger partial charge in [0.05, 0.1) is 0 Å². The van der Waals surface area contributed by atoms with Crippen molar-refractivity contribution in [2.45, 2.75) is 18.9 Å². The first-order chi connectivity index (χ1) is 8.02. The largest absolute Gasteiger partial charge is 0.480 e. The highest BCUT2D eigenvalue weighted by atomic mass is 16.4. The van der Waals surface area contributed by atoms with E-state index in [9.17, 15) is 9.59 Å². The minimum Gasteiger partial charge on any atom is -0.480 e. The summed E-state index contributed by atoms with van der Waals surface area (Å²) in [6, 6.07) is -0.460. The van der Waals surface area contributed by atoms with Crippen molar-refractivity contribution in [3.63, 3.8) is 0 Å². The number of carbonyl (C=O) groups is 2. The van der Waals surface area contributed by atoms with Gasteiger partial charge in [-0.3, -0.25) is 14.5 Å². The zero-order valence-electron chi connectivity index (χ0n) is 10.5. The van der Waals surface area contributed by atoms with Crippen molar-refractivity contribution >= 4 is 11.9 Å². The summed E-state index contributed by atoms with van der Waals surface area (Å²) >= 11 is 0. The third kappa shape index (κ3) is 4.32. The monoisotopic (exact) mass is 243 g/mol. The van der Waals surface area contributed by atoms with Gasteiger partial charge in [-0.05, 0) is 13.0 Å². The third-order valence-electron chi connectivity index (χ3n) is 2.97. The molecule has 0 aromatic carbocycles. The van der Waals surface area contributed by atoms with Gasteiger partial charge in [0.25, 0.3) is 0 Å². The molecule has 6 nitrogen and oxygen atoms in total. The quantitative estimate of drug-likeness (QED) is 0.662. The molecule has 0 radical (unpaired) electrons. The van der Waals surface area contributed by atoms with E-state index in [0.717, 1.165) is 13.1 Å². The molecule has 0 bridgehead atoms. The number of aliphatic carboxylic acids is 1. The number of nitrogens with one attached hydrogen (secondary N) is 1. The maximum absolute atomic E-state index is 11.4. The van der Waals surface area contributed by atoms with Gasteiger partial charge in [-0.2, -0.15) is 0 Å². The predicted molar refractivity (Wildman–Crippen MR) is 63.8 cm³/mol. The Kier molecular flexibility index (Phi) is 5.37. The number of rotatable bonds is 5. The van der Waals surface area contributed by atoms with Crippen molar-refractivity contribution in [2.24, 2.45) is 0 Å². The molecule has 17 heavy (non-hydrogen) atoms. The van der Waals surface area contributed by atoms with Crippen molar-refractivity contribution in [1.82, 2.24) is 15.1 Å². The topological polar surface area (TPSA) is 72.9 Å². The van der Waals surface area contributed by atoms with Gasteiger partial charge in [0.15, 0.2) is 0 Å². The molecule has 1 aliphatic rings. The highest BCUT2D eigenvalue weighted by Gasteiger charge is 2.27. The molecule has 1 fully saturated rings. The SMILES string of the molecule is CN(C)C(=O)CCCN1CCNCC1C(=O)O. The van der Waals surface area contributed by atoms with Crippen molar-refractivity contribution in [1.29, 1.82) is 0 Å². The van der Waals surface area contributed by atoms with Gasteiger partial charge in [0.1, 0.15) is 6.04 Å². The Balaban J connectivity index is 2.33. The first-order valence-corrected chi connectivity index (χ1v) is 5.90. The third-order valence-corrected chi connectivity index (χ3v) is 2.97. The molecular weight excluding hydrogens is 222 g/mol. The summed E-state index contributed by atoms with van der Waals surface area (Å²) in [5, 5.41) is 12.1. The van der Waals surface area contributed by atoms with E-state index in [0.29, 0.717) is 25.9 Å². The molecule has 98 valence electrons. The van der Waals surface area contributed by atoms with Crippen molar-refractivity contribution in [3.8, 4) is 0 Å². The Bertz CT molecular complexity index is 281. The number of amides is 1. The predicted octanol–water partition coefficient (Wildman–Crippen LogP) is -0.787. The van der Waals surface area contributed by atoms with E-state index in [2.05, 4.69) is 5.32 Å². The van der Waals surface area contributed by atoms with E-state index in [-0.39, 0.29) is 5.91 Å². The molecule has 0 aromatic rings. The molecule has 0 aliphatic carbocycles. The number of carboxylic acid groups (broad SMARTS) is 1. The molecule has 1 amide bonds. The highest BCUT2D eigenvalue weighted by Crippen LogP contribution is 2.06. The second-order valence-electron chi connectivity index (χ2n) is 4.49. The molecule has 2 N–H and O–H groups in total. The number of nitrogens with zero attached hydrogens (tertiary/aromatic N) is 2. The molecule has 1 heterocycles. The summed E-state index contributed by atoms with van der Waals surface area (Å²) in [6.45, 7) is 2.69. The fourth-order valence-corrected chi connectivity index (χ4v) is 1.91. The fraction of sp³-hybridized carbons (Fsp3) is 0.818. The first-order valence-electron chi connectivity index (χ1n) is 5.90. The zero-order valence-corrected chi connectivity index (χ0v) is 10.5. The van der Waals surface area contributed by atoms with E-state index in [1.807, 2.05) is 4.90 Å². The lowest BCUT2D eigenvalue weighted by Crippen LogP contribution is -2.55. The van der Waals surface area contributed by atoms with E-state index < -0.39 is 12.0 Å². The second-order valence-corrected chi connectivity index (χ2v) is 4.49. The Morgan fingerprint density at radius 1 is 1.47 bits per heavy atom. The van der Waals surface area contributed by atoms with Crippen LogP contribution in [0.4, 0.5) is 0 Å². The lowest BCUT2D eigenvalue weighted by Gasteiger charge is -2.33. The minimum atomic E-state index is -0.795. The summed E-state index contributed by atoms with van der Waals surface area (Å²) in [4.78, 5) is 25.9. The van der Waals surface area contributed by atoms with E-state index in [1.54, 1.807) is 19.0 Å². The van der Waals surface area contributed by atoms with Crippen molar-refractivity contribution in [2.75, 3.05) is 40.3 Å². The van der Waals surface area contributed by atoms with Gasteiger partial charge >= 0.3 is 5.97 Å². The summed E-state index contributed by atoms with van der Waals surface area (Å²) in [5.74, 6) is -0.705. The van der Waals surface area contributed by atoms with Crippen LogP contribution in [0.25, 0.3) is 0 Å². The van der Waals surface area contributed by atoms with E-state index in [1.165, 1.54) is 0 Å². The smallest absolute Gasteiger partial charge is 0.322 e. The van der Waals surface area contributed by atoms with Crippen LogP contribution in [0.3, 0.4) is 0 Å². The van der Waals surface area contributed by atoms with Gasteiger partial charge in [-0.1, -0.05) is 0 Å². The fourth-order valence-electron chi connectivity index (χ4n) is 1.91. The normalized spacial score (nSPS) is 21.2. The van der Waals surface area contributed by atoms with Gasteiger partial charge < -0.3 is 15.3 Å². The Labute approximate surface area is 102 Å². The van der Waals surface area contributed by atoms with Crippen LogP contribution in [0.15, 0.2) is 0 Å². The number of hydrogen-bond acceptors (Lipinski definition) is 4. The van der Waals surface area contributed by atoms with Crippen LogP contribution in [0.2, 0.25) is 0 Å². The first kappa shape index (κ1) is 13.9. The second kappa shape index (κ2) is 6.56. The molecular formula is C11H21N3O3. The maximum atomic E-state index is 11.4. The maximum Gasteiger partial charge on any atom is 0.322 e. The molecule has 1 unspecified atom stereocenters. The summed E-state index contributed by atoms with van der Waals surface area (Å²) < 4.78 is 0. The van der Waals surface area contributed by atoms with Crippen LogP contribution in [0.1, 0.15) is 12.8 Å². The van der Waals surface area contributed by atoms with Crippen LogP contribution >= 0.6 is 0 Å². The summed E-state index contributed by atoms with van der Waals surface area (Å²) in [5.41, 5.74) is 0. The van der Waals surface area contributed by atoms with Gasteiger partial charge in [0, 0.05) is 40.2 Å². The Hall–Kier alpha value is -1.14. The van der Waals surface area contributed by atoms with Crippen LogP contribution in [0.5, 0.6) is 0 Å². The summed E-state index contributed by atoms with van der Waals surface area (Å²) in [7, 11) is 3.46. The number of hydrogen-bond donors (Lipinski definition) is 2. The molecule has 6 heteroatoms. The lowest BCUT2D eigenvalue weighted by atomic mass is 10.1. The van der Waals surface area contributed by atoms with Crippen molar-refractivity contribution < 1.29 is 14.7 Å². The van der Waals surface area contributed by atoms with Gasteiger partial charge in [0.2, 0.25) is 5.91 Å². The standard InChI is InChI=1S/C11H21N3O3/c1-13(2)10(15)4-3-6-14-7-5-12-8-9(14)11(16)17/h9,12H,3-8H2,1-2H3,(H,16,17). The molecule has 0 saturated carbocycles. The molecule has 0 aromatic heterocycles. The molecule has 1 aliphatic heterocycles. The van der Waals surface area contributed by atoms with Crippen LogP contribution in [0, 0.1) is 0 Å². The average molecular weight is 243 g/mol. The number of carboxylic acids is 1. The lowest BCUT2D eigenvalue weighted by molar-refractivity contribution is -0.143.